The van der Waals surface area contributed by atoms with Gasteiger partial charge in [-0.05, 0) is 55.8 Å². The molecule has 0 aromatic carbocycles. The van der Waals surface area contributed by atoms with E-state index in [1.54, 1.807) is 7.11 Å². The van der Waals surface area contributed by atoms with E-state index >= 15 is 0 Å². The first kappa shape index (κ1) is 44.7. The molecule has 0 atom stereocenters. The van der Waals surface area contributed by atoms with Crippen LogP contribution in [0.25, 0.3) is 0 Å². The van der Waals surface area contributed by atoms with Gasteiger partial charge in [-0.2, -0.15) is 37.9 Å². The normalized spacial score (nSPS) is 11.6. The smallest absolute Gasteiger partial charge is 0.239 e. The van der Waals surface area contributed by atoms with Crippen LogP contribution >= 0.6 is 37.9 Å². The molecule has 12 nitrogen and oxygen atoms in total. The average Bonchev–Trinajstić information content (AvgIpc) is 3.04. The topological polar surface area (TPSA) is 132 Å². The summed E-state index contributed by atoms with van der Waals surface area (Å²) < 4.78 is 42.9. The van der Waals surface area contributed by atoms with Gasteiger partial charge in [0.1, 0.15) is 0 Å². The van der Waals surface area contributed by atoms with Gasteiger partial charge in [0, 0.05) is 19.1 Å². The molecular formula is C30H60N2O10S3. The lowest BCUT2D eigenvalue weighted by molar-refractivity contribution is -0.128. The lowest BCUT2D eigenvalue weighted by Gasteiger charge is -2.35. The van der Waals surface area contributed by atoms with Crippen LogP contribution in [-0.4, -0.2) is 147 Å². The lowest BCUT2D eigenvalue weighted by Crippen LogP contribution is -2.51. The number of nitrogens with one attached hydrogen (secondary N) is 2. The van der Waals surface area contributed by atoms with Gasteiger partial charge in [-0.3, -0.25) is 9.59 Å². The summed E-state index contributed by atoms with van der Waals surface area (Å²) in [5.41, 5.74) is -0.315. The fourth-order valence-corrected chi connectivity index (χ4v) is 4.63. The van der Waals surface area contributed by atoms with Gasteiger partial charge < -0.3 is 48.5 Å². The van der Waals surface area contributed by atoms with Gasteiger partial charge >= 0.3 is 0 Å². The molecule has 0 spiro atoms. The summed E-state index contributed by atoms with van der Waals surface area (Å²) in [6, 6.07) is 0. The van der Waals surface area contributed by atoms with Crippen LogP contribution in [0.15, 0.2) is 0 Å². The minimum atomic E-state index is -0.315. The number of carbonyl (C=O) groups excluding carboxylic acids is 2. The van der Waals surface area contributed by atoms with Crippen molar-refractivity contribution >= 4 is 49.7 Å². The number of methoxy groups -OCH3 is 1. The molecule has 268 valence electrons. The monoisotopic (exact) mass is 704 g/mol. The van der Waals surface area contributed by atoms with E-state index in [0.717, 1.165) is 55.8 Å². The van der Waals surface area contributed by atoms with Gasteiger partial charge in [-0.15, -0.1) is 0 Å². The SMILES string of the molecule is COCCOCCOCCOCCOCCOCCOCCOCCC(=O)NCC(=O)NC(CCCS)(CCCS)CCCS. The van der Waals surface area contributed by atoms with Gasteiger partial charge in [0.2, 0.25) is 11.8 Å². The van der Waals surface area contributed by atoms with Crippen molar-refractivity contribution in [2.24, 2.45) is 0 Å². The Balaban J connectivity index is 3.64. The zero-order chi connectivity index (χ0) is 33.1. The van der Waals surface area contributed by atoms with E-state index in [0.29, 0.717) is 92.5 Å². The quantitative estimate of drug-likeness (QED) is 0.0489. The zero-order valence-electron chi connectivity index (χ0n) is 27.3. The Kier molecular flexibility index (Phi) is 34.7. The molecule has 2 amide bonds. The molecule has 0 aromatic rings. The molecule has 0 heterocycles. The van der Waals surface area contributed by atoms with Crippen LogP contribution < -0.4 is 10.6 Å². The van der Waals surface area contributed by atoms with Crippen molar-refractivity contribution in [3.8, 4) is 0 Å². The van der Waals surface area contributed by atoms with Gasteiger partial charge in [0.15, 0.2) is 0 Å². The molecule has 0 aliphatic rings. The number of carbonyl (C=O) groups is 2. The Morgan fingerprint density at radius 2 is 0.844 bits per heavy atom. The molecule has 0 fully saturated rings. The molecule has 0 radical (unpaired) electrons. The maximum atomic E-state index is 12.7. The highest BCUT2D eigenvalue weighted by Gasteiger charge is 2.30. The number of thiol groups is 3. The minimum Gasteiger partial charge on any atom is -0.382 e. The van der Waals surface area contributed by atoms with Gasteiger partial charge in [-0.25, -0.2) is 0 Å². The molecule has 15 heteroatoms. The van der Waals surface area contributed by atoms with E-state index in [1.807, 2.05) is 0 Å². The maximum absolute atomic E-state index is 12.7. The van der Waals surface area contributed by atoms with E-state index in [1.165, 1.54) is 0 Å². The predicted molar refractivity (Wildman–Crippen MR) is 185 cm³/mol. The van der Waals surface area contributed by atoms with Gasteiger partial charge in [0.05, 0.1) is 106 Å². The summed E-state index contributed by atoms with van der Waals surface area (Å²) in [5, 5.41) is 5.88. The van der Waals surface area contributed by atoms with Gasteiger partial charge in [-0.1, -0.05) is 0 Å². The van der Waals surface area contributed by atoms with Crippen molar-refractivity contribution in [2.75, 3.05) is 130 Å². The Labute approximate surface area is 287 Å². The highest BCUT2D eigenvalue weighted by atomic mass is 32.1. The van der Waals surface area contributed by atoms with Crippen LogP contribution in [0.1, 0.15) is 44.9 Å². The molecule has 0 bridgehead atoms. The fraction of sp³-hybridized carbons (Fsp3) is 0.933. The minimum absolute atomic E-state index is 0.0618. The van der Waals surface area contributed by atoms with Crippen molar-refractivity contribution in [3.63, 3.8) is 0 Å². The molecule has 0 aromatic heterocycles. The lowest BCUT2D eigenvalue weighted by atomic mass is 9.84. The molecule has 0 unspecified atom stereocenters. The van der Waals surface area contributed by atoms with E-state index in [-0.39, 0.29) is 36.9 Å². The van der Waals surface area contributed by atoms with Crippen molar-refractivity contribution in [1.29, 1.82) is 0 Å². The van der Waals surface area contributed by atoms with Crippen molar-refractivity contribution < 1.29 is 47.5 Å². The summed E-state index contributed by atoms with van der Waals surface area (Å²) >= 11 is 13.0. The molecular weight excluding hydrogens is 645 g/mol. The molecule has 2 N–H and O–H groups in total. The first-order valence-electron chi connectivity index (χ1n) is 16.0. The van der Waals surface area contributed by atoms with E-state index < -0.39 is 0 Å². The Bertz CT molecular complexity index is 650. The predicted octanol–water partition coefficient (Wildman–Crippen LogP) is 2.24. The van der Waals surface area contributed by atoms with Crippen molar-refractivity contribution in [2.45, 2.75) is 50.5 Å². The summed E-state index contributed by atoms with van der Waals surface area (Å²) in [6.07, 6.45) is 5.41. The number of ether oxygens (including phenoxy) is 8. The highest BCUT2D eigenvalue weighted by Crippen LogP contribution is 2.26. The second-order valence-corrected chi connectivity index (χ2v) is 11.5. The van der Waals surface area contributed by atoms with E-state index in [4.69, 9.17) is 37.9 Å². The third kappa shape index (κ3) is 30.7. The molecule has 0 aliphatic carbocycles. The fourth-order valence-electron chi connectivity index (χ4n) is 4.15. The third-order valence-electron chi connectivity index (χ3n) is 6.43. The number of amides is 2. The molecule has 45 heavy (non-hydrogen) atoms. The molecule has 0 rings (SSSR count). The Morgan fingerprint density at radius 3 is 1.18 bits per heavy atom. The van der Waals surface area contributed by atoms with E-state index in [9.17, 15) is 9.59 Å². The summed E-state index contributed by atoms with van der Waals surface area (Å²) in [5.74, 6) is 1.85. The zero-order valence-corrected chi connectivity index (χ0v) is 30.0. The van der Waals surface area contributed by atoms with Crippen LogP contribution in [0.5, 0.6) is 0 Å². The average molecular weight is 705 g/mol. The standard InChI is InChI=1S/C30H60N2O10S3/c1-35-10-11-37-14-15-39-18-19-41-22-23-42-21-20-40-17-16-38-13-12-36-9-5-28(33)31-27-29(34)32-30(6-2-24-43,7-3-25-44)8-4-26-45/h43-45H,2-27H2,1H3,(H,31,33)(H,32,34). The molecule has 0 saturated heterocycles. The number of hydrogen-bond acceptors (Lipinski definition) is 13. The summed E-state index contributed by atoms with van der Waals surface area (Å²) in [7, 11) is 1.64. The van der Waals surface area contributed by atoms with Crippen LogP contribution in [0.3, 0.4) is 0 Å². The first-order valence-corrected chi connectivity index (χ1v) is 17.9. The van der Waals surface area contributed by atoms with Crippen molar-refractivity contribution in [1.82, 2.24) is 10.6 Å². The number of hydrogen-bond donors (Lipinski definition) is 5. The summed E-state index contributed by atoms with van der Waals surface area (Å²) in [6.45, 7) is 7.07. The van der Waals surface area contributed by atoms with Crippen LogP contribution in [-0.2, 0) is 47.5 Å². The highest BCUT2D eigenvalue weighted by molar-refractivity contribution is 7.80. The van der Waals surface area contributed by atoms with Crippen molar-refractivity contribution in [3.05, 3.63) is 0 Å². The Hall–Kier alpha value is -0.330. The number of rotatable bonds is 36. The Morgan fingerprint density at radius 1 is 0.511 bits per heavy atom. The van der Waals surface area contributed by atoms with Crippen LogP contribution in [0.4, 0.5) is 0 Å². The largest absolute Gasteiger partial charge is 0.382 e. The maximum Gasteiger partial charge on any atom is 0.239 e. The third-order valence-corrected chi connectivity index (χ3v) is 7.38. The second-order valence-electron chi connectivity index (χ2n) is 10.1. The van der Waals surface area contributed by atoms with Gasteiger partial charge in [0.25, 0.3) is 0 Å². The van der Waals surface area contributed by atoms with Crippen LogP contribution in [0, 0.1) is 0 Å². The molecule has 0 aliphatic heterocycles. The first-order chi connectivity index (χ1) is 22.0. The van der Waals surface area contributed by atoms with E-state index in [2.05, 4.69) is 48.5 Å². The van der Waals surface area contributed by atoms with Crippen LogP contribution in [0.2, 0.25) is 0 Å². The molecule has 0 saturated carbocycles. The second kappa shape index (κ2) is 35.0. The summed E-state index contributed by atoms with van der Waals surface area (Å²) in [4.78, 5) is 24.8.